The number of amides is 1. The van der Waals surface area contributed by atoms with E-state index in [-0.39, 0.29) is 11.9 Å². The minimum atomic E-state index is -0.223. The van der Waals surface area contributed by atoms with Crippen molar-refractivity contribution in [2.45, 2.75) is 19.5 Å². The number of para-hydroxylation sites is 2. The van der Waals surface area contributed by atoms with Crippen molar-refractivity contribution in [2.24, 2.45) is 0 Å². The zero-order chi connectivity index (χ0) is 20.1. The average Bonchev–Trinajstić information content (AvgIpc) is 3.12. The van der Waals surface area contributed by atoms with E-state index in [4.69, 9.17) is 4.98 Å². The van der Waals surface area contributed by atoms with Crippen LogP contribution in [0.5, 0.6) is 0 Å². The normalized spacial score (nSPS) is 12.3. The molecule has 4 rings (SSSR count). The summed E-state index contributed by atoms with van der Waals surface area (Å²) in [7, 11) is 0. The molecule has 1 amide bonds. The van der Waals surface area contributed by atoms with Crippen molar-refractivity contribution in [3.8, 4) is 0 Å². The predicted molar refractivity (Wildman–Crippen MR) is 117 cm³/mol. The molecule has 1 aromatic heterocycles. The summed E-state index contributed by atoms with van der Waals surface area (Å²) < 4.78 is 2.18. The van der Waals surface area contributed by atoms with Gasteiger partial charge in [-0.3, -0.25) is 4.79 Å². The van der Waals surface area contributed by atoms with E-state index in [1.807, 2.05) is 79.7 Å². The van der Waals surface area contributed by atoms with Crippen LogP contribution in [0.25, 0.3) is 17.1 Å². The van der Waals surface area contributed by atoms with Gasteiger partial charge >= 0.3 is 0 Å². The van der Waals surface area contributed by atoms with Crippen LogP contribution in [0.4, 0.5) is 0 Å². The highest BCUT2D eigenvalue weighted by Gasteiger charge is 2.17. The summed E-state index contributed by atoms with van der Waals surface area (Å²) in [5.74, 6) is 0.705. The Morgan fingerprint density at radius 1 is 0.966 bits per heavy atom. The Hall–Kier alpha value is -3.66. The van der Waals surface area contributed by atoms with Crippen LogP contribution >= 0.6 is 0 Å². The summed E-state index contributed by atoms with van der Waals surface area (Å²) in [6, 6.07) is 27.9. The molecule has 29 heavy (non-hydrogen) atoms. The Labute approximate surface area is 170 Å². The topological polar surface area (TPSA) is 46.9 Å². The lowest BCUT2D eigenvalue weighted by Crippen LogP contribution is -2.27. The molecule has 0 saturated heterocycles. The fourth-order valence-electron chi connectivity index (χ4n) is 3.42. The zero-order valence-corrected chi connectivity index (χ0v) is 16.3. The predicted octanol–water partition coefficient (Wildman–Crippen LogP) is 4.98. The molecule has 0 fully saturated rings. The van der Waals surface area contributed by atoms with E-state index in [9.17, 15) is 4.79 Å². The van der Waals surface area contributed by atoms with Gasteiger partial charge in [-0.15, -0.1) is 0 Å². The molecule has 144 valence electrons. The third-order valence-electron chi connectivity index (χ3n) is 4.84. The number of rotatable bonds is 6. The maximum Gasteiger partial charge on any atom is 0.244 e. The van der Waals surface area contributed by atoms with Crippen LogP contribution in [0.3, 0.4) is 0 Å². The van der Waals surface area contributed by atoms with Crippen molar-refractivity contribution in [1.82, 2.24) is 14.9 Å². The molecule has 1 heterocycles. The summed E-state index contributed by atoms with van der Waals surface area (Å²) >= 11 is 0. The molecule has 1 atom stereocenters. The fourth-order valence-corrected chi connectivity index (χ4v) is 3.42. The minimum absolute atomic E-state index is 0.139. The Bertz CT molecular complexity index is 1130. The Morgan fingerprint density at radius 2 is 1.62 bits per heavy atom. The highest BCUT2D eigenvalue weighted by Crippen LogP contribution is 2.22. The van der Waals surface area contributed by atoms with E-state index in [2.05, 4.69) is 28.1 Å². The summed E-state index contributed by atoms with van der Waals surface area (Å²) in [5.41, 5.74) is 4.18. The number of fused-ring (bicyclic) bond motifs is 1. The Kier molecular flexibility index (Phi) is 5.52. The average molecular weight is 381 g/mol. The first-order chi connectivity index (χ1) is 14.2. The summed E-state index contributed by atoms with van der Waals surface area (Å²) in [4.78, 5) is 17.3. The number of hydrogen-bond donors (Lipinski definition) is 1. The Balaban J connectivity index is 1.58. The number of nitrogens with one attached hydrogen (secondary N) is 1. The molecule has 0 radical (unpaired) electrons. The molecule has 0 aliphatic heterocycles. The first-order valence-electron chi connectivity index (χ1n) is 9.73. The SMILES string of the molecule is C[C@@H](NC(=O)/C=C/c1ccccc1)c1nc2ccccc2n1Cc1ccccc1. The molecular formula is C25H23N3O. The van der Waals surface area contributed by atoms with Gasteiger partial charge in [-0.05, 0) is 36.3 Å². The van der Waals surface area contributed by atoms with Crippen molar-refractivity contribution in [3.63, 3.8) is 0 Å². The highest BCUT2D eigenvalue weighted by molar-refractivity contribution is 5.92. The molecule has 3 aromatic carbocycles. The first kappa shape index (κ1) is 18.7. The monoisotopic (exact) mass is 381 g/mol. The lowest BCUT2D eigenvalue weighted by Gasteiger charge is -2.16. The second-order valence-electron chi connectivity index (χ2n) is 7.00. The molecule has 4 heteroatoms. The number of benzene rings is 3. The van der Waals surface area contributed by atoms with E-state index in [0.29, 0.717) is 6.54 Å². The number of imidazole rings is 1. The number of aromatic nitrogens is 2. The number of carbonyl (C=O) groups excluding carboxylic acids is 1. The van der Waals surface area contributed by atoms with Crippen molar-refractivity contribution < 1.29 is 4.79 Å². The van der Waals surface area contributed by atoms with Gasteiger partial charge in [0.1, 0.15) is 5.82 Å². The second kappa shape index (κ2) is 8.57. The number of nitrogens with zero attached hydrogens (tertiary/aromatic N) is 2. The second-order valence-corrected chi connectivity index (χ2v) is 7.00. The maximum atomic E-state index is 12.4. The van der Waals surface area contributed by atoms with Gasteiger partial charge in [0.15, 0.2) is 0 Å². The van der Waals surface area contributed by atoms with Gasteiger partial charge in [-0.2, -0.15) is 0 Å². The minimum Gasteiger partial charge on any atom is -0.343 e. The van der Waals surface area contributed by atoms with Crippen LogP contribution in [0, 0.1) is 0 Å². The summed E-state index contributed by atoms with van der Waals surface area (Å²) in [6.45, 7) is 2.67. The molecule has 4 nitrogen and oxygen atoms in total. The largest absolute Gasteiger partial charge is 0.343 e. The van der Waals surface area contributed by atoms with Crippen molar-refractivity contribution in [3.05, 3.63) is 108 Å². The van der Waals surface area contributed by atoms with Gasteiger partial charge < -0.3 is 9.88 Å². The van der Waals surface area contributed by atoms with Crippen molar-refractivity contribution >= 4 is 23.0 Å². The van der Waals surface area contributed by atoms with Gasteiger partial charge in [0.25, 0.3) is 0 Å². The molecule has 0 spiro atoms. The molecule has 0 bridgehead atoms. The summed E-state index contributed by atoms with van der Waals surface area (Å²) in [5, 5.41) is 3.04. The molecule has 1 N–H and O–H groups in total. The third-order valence-corrected chi connectivity index (χ3v) is 4.84. The van der Waals surface area contributed by atoms with Gasteiger partial charge in [-0.1, -0.05) is 72.8 Å². The van der Waals surface area contributed by atoms with E-state index >= 15 is 0 Å². The van der Waals surface area contributed by atoms with Gasteiger partial charge in [0, 0.05) is 12.6 Å². The van der Waals surface area contributed by atoms with Gasteiger partial charge in [0.05, 0.1) is 17.1 Å². The molecule has 0 aliphatic carbocycles. The van der Waals surface area contributed by atoms with E-state index < -0.39 is 0 Å². The van der Waals surface area contributed by atoms with Crippen LogP contribution < -0.4 is 5.32 Å². The lowest BCUT2D eigenvalue weighted by atomic mass is 10.2. The maximum absolute atomic E-state index is 12.4. The van der Waals surface area contributed by atoms with Gasteiger partial charge in [0.2, 0.25) is 5.91 Å². The quantitative estimate of drug-likeness (QED) is 0.479. The number of carbonyl (C=O) groups is 1. The third kappa shape index (κ3) is 4.43. The van der Waals surface area contributed by atoms with Crippen LogP contribution in [0.1, 0.15) is 29.9 Å². The smallest absolute Gasteiger partial charge is 0.244 e. The number of hydrogen-bond acceptors (Lipinski definition) is 2. The highest BCUT2D eigenvalue weighted by atomic mass is 16.1. The summed E-state index contributed by atoms with van der Waals surface area (Å²) in [6.07, 6.45) is 3.38. The van der Waals surface area contributed by atoms with Crippen LogP contribution in [-0.4, -0.2) is 15.5 Å². The first-order valence-corrected chi connectivity index (χ1v) is 9.73. The van der Waals surface area contributed by atoms with Gasteiger partial charge in [-0.25, -0.2) is 4.98 Å². The molecule has 0 unspecified atom stereocenters. The molecule has 0 saturated carbocycles. The molecule has 4 aromatic rings. The standard InChI is InChI=1S/C25H23N3O/c1-19(26-24(29)17-16-20-10-4-2-5-11-20)25-27-22-14-8-9-15-23(22)28(25)18-21-12-6-3-7-13-21/h2-17,19H,18H2,1H3,(H,26,29)/b17-16+/t19-/m1/s1. The van der Waals surface area contributed by atoms with Crippen molar-refractivity contribution in [1.29, 1.82) is 0 Å². The van der Waals surface area contributed by atoms with Crippen LogP contribution in [0.15, 0.2) is 91.0 Å². The molecule has 0 aliphatic rings. The molecular weight excluding hydrogens is 358 g/mol. The van der Waals surface area contributed by atoms with Crippen LogP contribution in [0.2, 0.25) is 0 Å². The van der Waals surface area contributed by atoms with E-state index in [1.165, 1.54) is 5.56 Å². The van der Waals surface area contributed by atoms with Crippen LogP contribution in [-0.2, 0) is 11.3 Å². The fraction of sp³-hybridized carbons (Fsp3) is 0.120. The van der Waals surface area contributed by atoms with Crippen molar-refractivity contribution in [2.75, 3.05) is 0 Å². The zero-order valence-electron chi connectivity index (χ0n) is 16.3. The van der Waals surface area contributed by atoms with E-state index in [0.717, 1.165) is 22.4 Å². The Morgan fingerprint density at radius 3 is 2.38 bits per heavy atom. The van der Waals surface area contributed by atoms with E-state index in [1.54, 1.807) is 6.08 Å². The lowest BCUT2D eigenvalue weighted by molar-refractivity contribution is -0.117.